The molecule has 0 aliphatic carbocycles. The van der Waals surface area contributed by atoms with Crippen molar-refractivity contribution in [2.24, 2.45) is 0 Å². The van der Waals surface area contributed by atoms with E-state index in [9.17, 15) is 9.18 Å². The SMILES string of the molecule is O=c1cc(CF)[nH]c2c(-c3ccccc3)c(Cl)nn12. The van der Waals surface area contributed by atoms with Crippen molar-refractivity contribution in [3.05, 3.63) is 57.6 Å². The van der Waals surface area contributed by atoms with E-state index in [2.05, 4.69) is 10.1 Å². The van der Waals surface area contributed by atoms with E-state index in [1.165, 1.54) is 6.07 Å². The summed E-state index contributed by atoms with van der Waals surface area (Å²) in [7, 11) is 0. The molecule has 0 amide bonds. The Morgan fingerprint density at radius 3 is 2.74 bits per heavy atom. The quantitative estimate of drug-likeness (QED) is 0.783. The maximum absolute atomic E-state index is 12.7. The predicted molar refractivity (Wildman–Crippen MR) is 71.1 cm³/mol. The van der Waals surface area contributed by atoms with E-state index in [4.69, 9.17) is 11.6 Å². The second kappa shape index (κ2) is 4.51. The molecule has 2 aromatic heterocycles. The number of benzene rings is 1. The van der Waals surface area contributed by atoms with E-state index in [0.29, 0.717) is 11.2 Å². The number of hydrogen-bond donors (Lipinski definition) is 1. The molecule has 0 spiro atoms. The molecule has 0 atom stereocenters. The molecule has 96 valence electrons. The third-order valence-electron chi connectivity index (χ3n) is 2.83. The van der Waals surface area contributed by atoms with Crippen LogP contribution in [0.25, 0.3) is 16.8 Å². The van der Waals surface area contributed by atoms with Gasteiger partial charge in [0.05, 0.1) is 11.3 Å². The first-order valence-corrected chi connectivity index (χ1v) is 6.00. The number of alkyl halides is 1. The van der Waals surface area contributed by atoms with Gasteiger partial charge in [0.2, 0.25) is 0 Å². The van der Waals surface area contributed by atoms with E-state index in [0.717, 1.165) is 10.1 Å². The van der Waals surface area contributed by atoms with Gasteiger partial charge >= 0.3 is 0 Å². The summed E-state index contributed by atoms with van der Waals surface area (Å²) in [6.07, 6.45) is 0. The van der Waals surface area contributed by atoms with Crippen LogP contribution in [-0.4, -0.2) is 14.6 Å². The summed E-state index contributed by atoms with van der Waals surface area (Å²) >= 11 is 6.09. The Morgan fingerprint density at radius 2 is 2.05 bits per heavy atom. The number of aromatic amines is 1. The first-order valence-electron chi connectivity index (χ1n) is 5.62. The smallest absolute Gasteiger partial charge is 0.274 e. The normalized spacial score (nSPS) is 11.1. The van der Waals surface area contributed by atoms with Crippen LogP contribution in [0.3, 0.4) is 0 Å². The molecule has 0 aliphatic rings. The van der Waals surface area contributed by atoms with Gasteiger partial charge in [-0.2, -0.15) is 9.61 Å². The maximum Gasteiger partial charge on any atom is 0.274 e. The van der Waals surface area contributed by atoms with Gasteiger partial charge in [0.25, 0.3) is 5.56 Å². The van der Waals surface area contributed by atoms with Crippen molar-refractivity contribution in [1.29, 1.82) is 0 Å². The summed E-state index contributed by atoms with van der Waals surface area (Å²) < 4.78 is 13.9. The second-order valence-electron chi connectivity index (χ2n) is 4.06. The number of H-pyrrole nitrogens is 1. The molecule has 0 radical (unpaired) electrons. The highest BCUT2D eigenvalue weighted by Crippen LogP contribution is 2.29. The van der Waals surface area contributed by atoms with Crippen LogP contribution in [0.5, 0.6) is 0 Å². The number of hydrogen-bond acceptors (Lipinski definition) is 2. The minimum absolute atomic E-state index is 0.200. The molecule has 0 bridgehead atoms. The minimum atomic E-state index is -0.747. The lowest BCUT2D eigenvalue weighted by Crippen LogP contribution is -2.15. The minimum Gasteiger partial charge on any atom is -0.340 e. The Hall–Kier alpha value is -2.14. The van der Waals surface area contributed by atoms with Crippen LogP contribution in [-0.2, 0) is 6.67 Å². The standard InChI is InChI=1S/C13H9ClFN3O/c14-12-11(8-4-2-1-3-5-8)13-16-9(7-15)6-10(19)18(13)17-12/h1-6,16H,7H2. The molecule has 4 nitrogen and oxygen atoms in total. The highest BCUT2D eigenvalue weighted by molar-refractivity contribution is 6.33. The molecule has 3 aromatic rings. The first kappa shape index (κ1) is 11.9. The molecule has 0 unspecified atom stereocenters. The first-order chi connectivity index (χ1) is 9.20. The zero-order valence-electron chi connectivity index (χ0n) is 9.73. The van der Waals surface area contributed by atoms with Gasteiger partial charge in [-0.25, -0.2) is 4.39 Å². The molecule has 1 N–H and O–H groups in total. The van der Waals surface area contributed by atoms with Crippen LogP contribution in [0.2, 0.25) is 5.15 Å². The second-order valence-corrected chi connectivity index (χ2v) is 4.42. The highest BCUT2D eigenvalue weighted by Gasteiger charge is 2.15. The van der Waals surface area contributed by atoms with Crippen molar-refractivity contribution >= 4 is 17.2 Å². The molecule has 0 aliphatic heterocycles. The van der Waals surface area contributed by atoms with Crippen molar-refractivity contribution in [3.8, 4) is 11.1 Å². The van der Waals surface area contributed by atoms with Gasteiger partial charge in [0.15, 0.2) is 5.15 Å². The molecular formula is C13H9ClFN3O. The third-order valence-corrected chi connectivity index (χ3v) is 3.10. The topological polar surface area (TPSA) is 50.2 Å². The fourth-order valence-electron chi connectivity index (χ4n) is 2.00. The lowest BCUT2D eigenvalue weighted by atomic mass is 10.1. The zero-order valence-corrected chi connectivity index (χ0v) is 10.5. The number of fused-ring (bicyclic) bond motifs is 1. The molecule has 0 fully saturated rings. The highest BCUT2D eigenvalue weighted by atomic mass is 35.5. The van der Waals surface area contributed by atoms with E-state index in [-0.39, 0.29) is 10.8 Å². The van der Waals surface area contributed by atoms with Gasteiger partial charge in [-0.05, 0) is 5.56 Å². The number of halogens is 2. The monoisotopic (exact) mass is 277 g/mol. The summed E-state index contributed by atoms with van der Waals surface area (Å²) in [5, 5.41) is 4.18. The Morgan fingerprint density at radius 1 is 1.32 bits per heavy atom. The molecule has 3 rings (SSSR count). The largest absolute Gasteiger partial charge is 0.340 e. The molecule has 1 aromatic carbocycles. The molecular weight excluding hydrogens is 269 g/mol. The average molecular weight is 278 g/mol. The van der Waals surface area contributed by atoms with Crippen LogP contribution < -0.4 is 5.56 Å². The van der Waals surface area contributed by atoms with Crippen LogP contribution in [0, 0.1) is 0 Å². The van der Waals surface area contributed by atoms with E-state index < -0.39 is 12.2 Å². The Kier molecular flexibility index (Phi) is 2.83. The fourth-order valence-corrected chi connectivity index (χ4v) is 2.27. The summed E-state index contributed by atoms with van der Waals surface area (Å²) in [6.45, 7) is -0.747. The molecule has 6 heteroatoms. The van der Waals surface area contributed by atoms with Gasteiger partial charge in [-0.1, -0.05) is 41.9 Å². The zero-order chi connectivity index (χ0) is 13.4. The molecule has 0 saturated heterocycles. The third kappa shape index (κ3) is 1.92. The Bertz CT molecular complexity index is 795. The lowest BCUT2D eigenvalue weighted by molar-refractivity contribution is 0.475. The van der Waals surface area contributed by atoms with Gasteiger partial charge in [-0.15, -0.1) is 0 Å². The van der Waals surface area contributed by atoms with Gasteiger partial charge in [-0.3, -0.25) is 4.79 Å². The van der Waals surface area contributed by atoms with Crippen LogP contribution >= 0.6 is 11.6 Å². The fraction of sp³-hybridized carbons (Fsp3) is 0.0769. The summed E-state index contributed by atoms with van der Waals surface area (Å²) in [5.41, 5.74) is 1.59. The van der Waals surface area contributed by atoms with Gasteiger partial charge < -0.3 is 4.98 Å². The average Bonchev–Trinajstić information content (AvgIpc) is 2.76. The van der Waals surface area contributed by atoms with Crippen LogP contribution in [0.15, 0.2) is 41.2 Å². The van der Waals surface area contributed by atoms with E-state index in [1.807, 2.05) is 30.3 Å². The Balaban J connectivity index is 2.39. The molecule has 2 heterocycles. The number of aromatic nitrogens is 3. The Labute approximate surface area is 112 Å². The van der Waals surface area contributed by atoms with Crippen molar-refractivity contribution in [2.45, 2.75) is 6.67 Å². The molecule has 19 heavy (non-hydrogen) atoms. The number of nitrogens with zero attached hydrogens (tertiary/aromatic N) is 2. The van der Waals surface area contributed by atoms with E-state index >= 15 is 0 Å². The summed E-state index contributed by atoms with van der Waals surface area (Å²) in [4.78, 5) is 14.7. The number of rotatable bonds is 2. The van der Waals surface area contributed by atoms with Crippen molar-refractivity contribution in [1.82, 2.24) is 14.6 Å². The summed E-state index contributed by atoms with van der Waals surface area (Å²) in [5.74, 6) is 0. The predicted octanol–water partition coefficient (Wildman–Crippen LogP) is 2.81. The van der Waals surface area contributed by atoms with Gasteiger partial charge in [0, 0.05) is 6.07 Å². The van der Waals surface area contributed by atoms with Crippen molar-refractivity contribution in [3.63, 3.8) is 0 Å². The number of nitrogens with one attached hydrogen (secondary N) is 1. The van der Waals surface area contributed by atoms with Gasteiger partial charge in [0.1, 0.15) is 12.3 Å². The molecule has 0 saturated carbocycles. The summed E-state index contributed by atoms with van der Waals surface area (Å²) in [6, 6.07) is 10.5. The van der Waals surface area contributed by atoms with Crippen LogP contribution in [0.4, 0.5) is 4.39 Å². The lowest BCUT2D eigenvalue weighted by Gasteiger charge is -2.01. The van der Waals surface area contributed by atoms with Crippen molar-refractivity contribution < 1.29 is 4.39 Å². The van der Waals surface area contributed by atoms with E-state index in [1.54, 1.807) is 0 Å². The maximum atomic E-state index is 12.7. The van der Waals surface area contributed by atoms with Crippen LogP contribution in [0.1, 0.15) is 5.69 Å². The van der Waals surface area contributed by atoms with Crippen molar-refractivity contribution in [2.75, 3.05) is 0 Å².